The number of nitrogens with two attached hydrogens (primary N) is 1. The molecule has 0 saturated carbocycles. The van der Waals surface area contributed by atoms with Crippen LogP contribution >= 0.6 is 15.9 Å². The summed E-state index contributed by atoms with van der Waals surface area (Å²) in [5.74, 6) is 0.811. The molecule has 0 saturated heterocycles. The molecule has 1 aliphatic rings. The van der Waals surface area contributed by atoms with E-state index in [-0.39, 0.29) is 0 Å². The van der Waals surface area contributed by atoms with Gasteiger partial charge in [-0.05, 0) is 42.3 Å². The number of rotatable bonds is 5. The Bertz CT molecular complexity index is 1060. The summed E-state index contributed by atoms with van der Waals surface area (Å²) in [5.41, 5.74) is 8.71. The van der Waals surface area contributed by atoms with Gasteiger partial charge in [-0.3, -0.25) is 4.79 Å². The van der Waals surface area contributed by atoms with Crippen molar-refractivity contribution in [2.24, 2.45) is 5.73 Å². The maximum Gasteiger partial charge on any atom is 0.248 e. The number of hydrogen-bond acceptors (Lipinski definition) is 5. The van der Waals surface area contributed by atoms with Crippen molar-refractivity contribution in [2.45, 2.75) is 19.6 Å². The van der Waals surface area contributed by atoms with Gasteiger partial charge in [-0.25, -0.2) is 4.68 Å². The lowest BCUT2D eigenvalue weighted by molar-refractivity contribution is -0.115. The first-order chi connectivity index (χ1) is 13.5. The number of anilines is 1. The molecule has 0 fully saturated rings. The summed E-state index contributed by atoms with van der Waals surface area (Å²) in [5, 5.41) is 7.32. The standard InChI is InChI=1S/C20H18BrN5O2/c1-12-17(19(22)27)18(26-20(25-12)23-11-24-26)14-5-7-16(8-6-14)28-10-13-3-2-4-15(21)9-13/h2-9,11,18H,10H2,1H3,(H2,22,27)(H,23,24,25). The number of primary amides is 1. The van der Waals surface area contributed by atoms with Crippen LogP contribution in [0.5, 0.6) is 5.75 Å². The van der Waals surface area contributed by atoms with Gasteiger partial charge < -0.3 is 15.8 Å². The minimum atomic E-state index is -0.494. The third kappa shape index (κ3) is 3.50. The summed E-state index contributed by atoms with van der Waals surface area (Å²) in [4.78, 5) is 16.3. The number of benzene rings is 2. The lowest BCUT2D eigenvalue weighted by Crippen LogP contribution is -2.31. The number of nitrogens with zero attached hydrogens (tertiary/aromatic N) is 3. The van der Waals surface area contributed by atoms with Gasteiger partial charge in [-0.2, -0.15) is 10.1 Å². The number of hydrogen-bond donors (Lipinski definition) is 2. The lowest BCUT2D eigenvalue weighted by atomic mass is 9.95. The minimum Gasteiger partial charge on any atom is -0.489 e. The molecule has 0 spiro atoms. The highest BCUT2D eigenvalue weighted by Crippen LogP contribution is 2.34. The van der Waals surface area contributed by atoms with Crippen molar-refractivity contribution in [3.8, 4) is 5.75 Å². The van der Waals surface area contributed by atoms with E-state index in [9.17, 15) is 4.79 Å². The van der Waals surface area contributed by atoms with Crippen molar-refractivity contribution in [3.05, 3.63) is 81.7 Å². The molecule has 1 aromatic heterocycles. The number of halogens is 1. The first-order valence-electron chi connectivity index (χ1n) is 8.67. The van der Waals surface area contributed by atoms with E-state index < -0.39 is 11.9 Å². The van der Waals surface area contributed by atoms with E-state index in [1.54, 1.807) is 11.6 Å². The molecule has 1 amide bonds. The molecule has 28 heavy (non-hydrogen) atoms. The van der Waals surface area contributed by atoms with E-state index in [2.05, 4.69) is 31.3 Å². The van der Waals surface area contributed by atoms with Gasteiger partial charge >= 0.3 is 0 Å². The summed E-state index contributed by atoms with van der Waals surface area (Å²) < 4.78 is 8.54. The normalized spacial score (nSPS) is 15.7. The molecule has 1 aliphatic heterocycles. The van der Waals surface area contributed by atoms with Gasteiger partial charge in [-0.1, -0.05) is 40.2 Å². The molecule has 4 rings (SSSR count). The van der Waals surface area contributed by atoms with E-state index >= 15 is 0 Å². The van der Waals surface area contributed by atoms with Gasteiger partial charge in [0.05, 0.1) is 5.57 Å². The molecule has 2 aromatic carbocycles. The number of fused-ring (bicyclic) bond motifs is 1. The zero-order valence-corrected chi connectivity index (χ0v) is 16.7. The third-order valence-corrected chi connectivity index (χ3v) is 5.04. The van der Waals surface area contributed by atoms with Crippen molar-refractivity contribution < 1.29 is 9.53 Å². The molecule has 0 bridgehead atoms. The molecular formula is C20H18BrN5O2. The molecule has 1 unspecified atom stereocenters. The SMILES string of the molecule is CC1=C(C(N)=O)C(c2ccc(OCc3cccc(Br)c3)cc2)n2ncnc2N1. The quantitative estimate of drug-likeness (QED) is 0.634. The van der Waals surface area contributed by atoms with E-state index in [0.29, 0.717) is 23.8 Å². The van der Waals surface area contributed by atoms with Crippen molar-refractivity contribution in [2.75, 3.05) is 5.32 Å². The zero-order valence-electron chi connectivity index (χ0n) is 15.1. The maximum atomic E-state index is 12.1. The molecule has 7 nitrogen and oxygen atoms in total. The second-order valence-electron chi connectivity index (χ2n) is 6.45. The van der Waals surface area contributed by atoms with Crippen LogP contribution in [-0.4, -0.2) is 20.7 Å². The summed E-state index contributed by atoms with van der Waals surface area (Å²) in [6.45, 7) is 2.27. The number of aromatic nitrogens is 3. The van der Waals surface area contributed by atoms with Crippen molar-refractivity contribution in [1.82, 2.24) is 14.8 Å². The molecule has 0 aliphatic carbocycles. The highest BCUT2D eigenvalue weighted by Gasteiger charge is 2.32. The zero-order chi connectivity index (χ0) is 19.7. The summed E-state index contributed by atoms with van der Waals surface area (Å²) in [6, 6.07) is 15.1. The van der Waals surface area contributed by atoms with E-state index in [0.717, 1.165) is 21.3 Å². The number of carbonyl (C=O) groups excluding carboxylic acids is 1. The Kier molecular flexibility index (Phi) is 4.87. The second-order valence-corrected chi connectivity index (χ2v) is 7.36. The van der Waals surface area contributed by atoms with Crippen LogP contribution in [0.2, 0.25) is 0 Å². The van der Waals surface area contributed by atoms with Gasteiger partial charge in [-0.15, -0.1) is 0 Å². The summed E-state index contributed by atoms with van der Waals surface area (Å²) >= 11 is 3.46. The molecule has 3 N–H and O–H groups in total. The highest BCUT2D eigenvalue weighted by molar-refractivity contribution is 9.10. The van der Waals surface area contributed by atoms with Crippen LogP contribution < -0.4 is 15.8 Å². The smallest absolute Gasteiger partial charge is 0.248 e. The van der Waals surface area contributed by atoms with Crippen molar-refractivity contribution in [1.29, 1.82) is 0 Å². The van der Waals surface area contributed by atoms with Crippen LogP contribution in [0.4, 0.5) is 5.95 Å². The van der Waals surface area contributed by atoms with E-state index in [1.165, 1.54) is 6.33 Å². The van der Waals surface area contributed by atoms with Crippen molar-refractivity contribution in [3.63, 3.8) is 0 Å². The Balaban J connectivity index is 1.58. The Morgan fingerprint density at radius 2 is 2.07 bits per heavy atom. The predicted molar refractivity (Wildman–Crippen MR) is 109 cm³/mol. The predicted octanol–water partition coefficient (Wildman–Crippen LogP) is 3.39. The monoisotopic (exact) mass is 439 g/mol. The second kappa shape index (κ2) is 7.47. The molecular weight excluding hydrogens is 422 g/mol. The van der Waals surface area contributed by atoms with Gasteiger partial charge in [0.15, 0.2) is 0 Å². The molecule has 0 radical (unpaired) electrons. The first-order valence-corrected chi connectivity index (χ1v) is 9.46. The third-order valence-electron chi connectivity index (χ3n) is 4.55. The molecule has 2 heterocycles. The first kappa shape index (κ1) is 18.2. The number of allylic oxidation sites excluding steroid dienone is 1. The number of amides is 1. The van der Waals surface area contributed by atoms with Crippen LogP contribution in [0.1, 0.15) is 24.1 Å². The molecule has 3 aromatic rings. The minimum absolute atomic E-state index is 0.435. The van der Waals surface area contributed by atoms with Gasteiger partial charge in [0.1, 0.15) is 24.7 Å². The number of carbonyl (C=O) groups is 1. The molecule has 1 atom stereocenters. The van der Waals surface area contributed by atoms with Crippen LogP contribution in [0.15, 0.2) is 70.6 Å². The Hall–Kier alpha value is -3.13. The topological polar surface area (TPSA) is 95.1 Å². The Morgan fingerprint density at radius 1 is 1.29 bits per heavy atom. The maximum absolute atomic E-state index is 12.1. The lowest BCUT2D eigenvalue weighted by Gasteiger charge is -2.27. The van der Waals surface area contributed by atoms with Gasteiger partial charge in [0, 0.05) is 10.2 Å². The Labute approximate surface area is 170 Å². The number of ether oxygens (including phenoxy) is 1. The Morgan fingerprint density at radius 3 is 2.79 bits per heavy atom. The van der Waals surface area contributed by atoms with Crippen LogP contribution in [0, 0.1) is 0 Å². The van der Waals surface area contributed by atoms with Crippen LogP contribution in [0.25, 0.3) is 0 Å². The molecule has 8 heteroatoms. The average Bonchev–Trinajstić information content (AvgIpc) is 3.13. The fourth-order valence-electron chi connectivity index (χ4n) is 3.26. The average molecular weight is 440 g/mol. The van der Waals surface area contributed by atoms with Gasteiger partial charge in [0.2, 0.25) is 11.9 Å². The van der Waals surface area contributed by atoms with Crippen LogP contribution in [-0.2, 0) is 11.4 Å². The number of nitrogens with one attached hydrogen (secondary N) is 1. The van der Waals surface area contributed by atoms with E-state index in [4.69, 9.17) is 10.5 Å². The highest BCUT2D eigenvalue weighted by atomic mass is 79.9. The molecule has 142 valence electrons. The fraction of sp³-hybridized carbons (Fsp3) is 0.150. The van der Waals surface area contributed by atoms with Crippen LogP contribution in [0.3, 0.4) is 0 Å². The van der Waals surface area contributed by atoms with Gasteiger partial charge in [0.25, 0.3) is 0 Å². The largest absolute Gasteiger partial charge is 0.489 e. The van der Waals surface area contributed by atoms with Crippen molar-refractivity contribution >= 4 is 27.8 Å². The summed E-state index contributed by atoms with van der Waals surface area (Å²) in [7, 11) is 0. The van der Waals surface area contributed by atoms with E-state index in [1.807, 2.05) is 48.5 Å². The summed E-state index contributed by atoms with van der Waals surface area (Å²) in [6.07, 6.45) is 1.45. The fourth-order valence-corrected chi connectivity index (χ4v) is 3.70.